The summed E-state index contributed by atoms with van der Waals surface area (Å²) in [4.78, 5) is 14.0. The zero-order valence-electron chi connectivity index (χ0n) is 12.7. The normalized spacial score (nSPS) is 21.1. The van der Waals surface area contributed by atoms with Crippen LogP contribution in [0.4, 0.5) is 0 Å². The van der Waals surface area contributed by atoms with E-state index in [4.69, 9.17) is 0 Å². The quantitative estimate of drug-likeness (QED) is 0.695. The van der Waals surface area contributed by atoms with Crippen molar-refractivity contribution in [2.75, 3.05) is 19.6 Å². The van der Waals surface area contributed by atoms with Gasteiger partial charge < -0.3 is 10.4 Å². The largest absolute Gasteiger partial charge is 0.390 e. The van der Waals surface area contributed by atoms with Gasteiger partial charge in [0.05, 0.1) is 12.1 Å². The molecule has 1 unspecified atom stereocenters. The molecule has 0 aromatic rings. The summed E-state index contributed by atoms with van der Waals surface area (Å²) in [5.74, 6) is 0.116. The van der Waals surface area contributed by atoms with Crippen LogP contribution in [0.3, 0.4) is 0 Å². The molecule has 0 aromatic carbocycles. The van der Waals surface area contributed by atoms with Crippen molar-refractivity contribution in [2.45, 2.75) is 70.9 Å². The molecule has 0 saturated carbocycles. The van der Waals surface area contributed by atoms with Gasteiger partial charge >= 0.3 is 0 Å². The summed E-state index contributed by atoms with van der Waals surface area (Å²) in [5, 5.41) is 12.9. The maximum absolute atomic E-state index is 11.9. The van der Waals surface area contributed by atoms with Crippen molar-refractivity contribution in [3.8, 4) is 0 Å². The summed E-state index contributed by atoms with van der Waals surface area (Å²) in [6.45, 7) is 8.23. The van der Waals surface area contributed by atoms with E-state index in [2.05, 4.69) is 24.1 Å². The second-order valence-corrected chi connectivity index (χ2v) is 6.24. The number of hydrogen-bond donors (Lipinski definition) is 2. The number of unbranched alkanes of at least 4 members (excludes halogenated alkanes) is 2. The molecule has 1 saturated heterocycles. The fourth-order valence-corrected chi connectivity index (χ4v) is 2.49. The van der Waals surface area contributed by atoms with Gasteiger partial charge in [-0.05, 0) is 33.1 Å². The highest BCUT2D eigenvalue weighted by Gasteiger charge is 2.28. The Hall–Kier alpha value is -0.610. The van der Waals surface area contributed by atoms with Crippen LogP contribution in [0.1, 0.15) is 59.3 Å². The Labute approximate surface area is 117 Å². The van der Waals surface area contributed by atoms with Crippen molar-refractivity contribution in [1.82, 2.24) is 10.2 Å². The first-order chi connectivity index (χ1) is 8.93. The Morgan fingerprint density at radius 2 is 2.00 bits per heavy atom. The second-order valence-electron chi connectivity index (χ2n) is 6.24. The number of piperidine rings is 1. The van der Waals surface area contributed by atoms with Crippen LogP contribution in [-0.2, 0) is 4.79 Å². The van der Waals surface area contributed by atoms with Crippen molar-refractivity contribution < 1.29 is 9.90 Å². The summed E-state index contributed by atoms with van der Waals surface area (Å²) in [6.07, 6.45) is 6.22. The lowest BCUT2D eigenvalue weighted by molar-refractivity contribution is -0.124. The Morgan fingerprint density at radius 3 is 2.58 bits per heavy atom. The lowest BCUT2D eigenvalue weighted by Gasteiger charge is -2.35. The number of likely N-dealkylation sites (tertiary alicyclic amines) is 1. The number of carbonyl (C=O) groups is 1. The minimum atomic E-state index is -0.541. The maximum atomic E-state index is 11.9. The zero-order chi connectivity index (χ0) is 14.3. The van der Waals surface area contributed by atoms with E-state index in [9.17, 15) is 9.90 Å². The lowest BCUT2D eigenvalue weighted by atomic mass is 9.94. The van der Waals surface area contributed by atoms with Crippen molar-refractivity contribution in [2.24, 2.45) is 0 Å². The number of amides is 1. The van der Waals surface area contributed by atoms with E-state index in [1.807, 2.05) is 6.92 Å². The molecule has 4 heteroatoms. The average Bonchev–Trinajstić information content (AvgIpc) is 2.32. The molecular weight excluding hydrogens is 240 g/mol. The minimum Gasteiger partial charge on any atom is -0.390 e. The van der Waals surface area contributed by atoms with Crippen molar-refractivity contribution in [3.63, 3.8) is 0 Å². The molecule has 1 fully saturated rings. The number of hydrogen-bond acceptors (Lipinski definition) is 3. The number of nitrogens with zero attached hydrogens (tertiary/aromatic N) is 1. The van der Waals surface area contributed by atoms with Crippen LogP contribution in [0.15, 0.2) is 0 Å². The minimum absolute atomic E-state index is 0.116. The van der Waals surface area contributed by atoms with Gasteiger partial charge in [-0.3, -0.25) is 9.69 Å². The predicted molar refractivity (Wildman–Crippen MR) is 78.0 cm³/mol. The van der Waals surface area contributed by atoms with Crippen molar-refractivity contribution >= 4 is 5.91 Å². The Balaban J connectivity index is 2.17. The summed E-state index contributed by atoms with van der Waals surface area (Å²) in [6, 6.07) is 0.270. The molecule has 112 valence electrons. The summed E-state index contributed by atoms with van der Waals surface area (Å²) in [5.41, 5.74) is -0.541. The van der Waals surface area contributed by atoms with Gasteiger partial charge in [0.25, 0.3) is 0 Å². The molecule has 0 spiro atoms. The summed E-state index contributed by atoms with van der Waals surface area (Å²) in [7, 11) is 0. The molecule has 2 N–H and O–H groups in total. The molecule has 1 aliphatic heterocycles. The molecule has 1 atom stereocenters. The third-order valence-corrected chi connectivity index (χ3v) is 3.95. The molecule has 0 radical (unpaired) electrons. The molecule has 1 amide bonds. The van der Waals surface area contributed by atoms with Crippen LogP contribution in [-0.4, -0.2) is 47.2 Å². The highest BCUT2D eigenvalue weighted by Crippen LogP contribution is 2.20. The molecule has 1 heterocycles. The molecule has 19 heavy (non-hydrogen) atoms. The van der Waals surface area contributed by atoms with Gasteiger partial charge in [-0.25, -0.2) is 0 Å². The van der Waals surface area contributed by atoms with Gasteiger partial charge in [0.1, 0.15) is 0 Å². The Morgan fingerprint density at radius 1 is 1.37 bits per heavy atom. The fraction of sp³-hybridized carbons (Fsp3) is 0.933. The van der Waals surface area contributed by atoms with Crippen LogP contribution in [0, 0.1) is 0 Å². The first-order valence-electron chi connectivity index (χ1n) is 7.67. The molecule has 0 aromatic heterocycles. The van der Waals surface area contributed by atoms with E-state index in [0.717, 1.165) is 32.4 Å². The molecule has 1 aliphatic rings. The molecular formula is C15H30N2O2. The number of aliphatic hydroxyl groups is 1. The Kier molecular flexibility index (Phi) is 6.80. The topological polar surface area (TPSA) is 52.6 Å². The highest BCUT2D eigenvalue weighted by molar-refractivity contribution is 5.78. The first-order valence-corrected chi connectivity index (χ1v) is 7.67. The van der Waals surface area contributed by atoms with E-state index in [0.29, 0.717) is 6.54 Å². The van der Waals surface area contributed by atoms with Crippen LogP contribution < -0.4 is 5.32 Å². The van der Waals surface area contributed by atoms with E-state index in [1.54, 1.807) is 0 Å². The van der Waals surface area contributed by atoms with Crippen LogP contribution in [0.5, 0.6) is 0 Å². The predicted octanol–water partition coefficient (Wildman–Crippen LogP) is 1.92. The van der Waals surface area contributed by atoms with Gasteiger partial charge in [0.15, 0.2) is 0 Å². The number of nitrogens with one attached hydrogen (secondary N) is 1. The average molecular weight is 270 g/mol. The van der Waals surface area contributed by atoms with Gasteiger partial charge in [-0.2, -0.15) is 0 Å². The van der Waals surface area contributed by atoms with Crippen LogP contribution in [0.25, 0.3) is 0 Å². The van der Waals surface area contributed by atoms with E-state index < -0.39 is 5.60 Å². The monoisotopic (exact) mass is 270 g/mol. The third-order valence-electron chi connectivity index (χ3n) is 3.95. The lowest BCUT2D eigenvalue weighted by Crippen LogP contribution is -2.47. The van der Waals surface area contributed by atoms with E-state index in [1.165, 1.54) is 19.3 Å². The number of carbonyl (C=O) groups excluding carboxylic acids is 1. The number of rotatable bonds is 7. The first kappa shape index (κ1) is 16.4. The molecule has 0 aliphatic carbocycles. The summed E-state index contributed by atoms with van der Waals surface area (Å²) >= 11 is 0. The molecule has 0 bridgehead atoms. The van der Waals surface area contributed by atoms with Crippen LogP contribution in [0.2, 0.25) is 0 Å². The van der Waals surface area contributed by atoms with Crippen LogP contribution >= 0.6 is 0 Å². The van der Waals surface area contributed by atoms with Crippen molar-refractivity contribution in [1.29, 1.82) is 0 Å². The second kappa shape index (κ2) is 7.85. The van der Waals surface area contributed by atoms with Gasteiger partial charge in [-0.15, -0.1) is 0 Å². The third kappa shape index (κ3) is 6.92. The van der Waals surface area contributed by atoms with E-state index in [-0.39, 0.29) is 11.9 Å². The standard InChI is InChI=1S/C15H30N2O2/c1-4-5-6-7-13(2)16-14(18)12-17-10-8-15(3,19)9-11-17/h13,19H,4-12H2,1-3H3,(H,16,18). The van der Waals surface area contributed by atoms with Gasteiger partial charge in [-0.1, -0.05) is 26.2 Å². The molecule has 1 rings (SSSR count). The van der Waals surface area contributed by atoms with Crippen molar-refractivity contribution in [3.05, 3.63) is 0 Å². The Bertz CT molecular complexity index is 269. The maximum Gasteiger partial charge on any atom is 0.234 e. The van der Waals surface area contributed by atoms with Gasteiger partial charge in [0.2, 0.25) is 5.91 Å². The smallest absolute Gasteiger partial charge is 0.234 e. The van der Waals surface area contributed by atoms with E-state index >= 15 is 0 Å². The highest BCUT2D eigenvalue weighted by atomic mass is 16.3. The fourth-order valence-electron chi connectivity index (χ4n) is 2.49. The summed E-state index contributed by atoms with van der Waals surface area (Å²) < 4.78 is 0. The zero-order valence-corrected chi connectivity index (χ0v) is 12.7. The molecule has 4 nitrogen and oxygen atoms in total. The SMILES string of the molecule is CCCCCC(C)NC(=O)CN1CCC(C)(O)CC1. The van der Waals surface area contributed by atoms with Gasteiger partial charge in [0, 0.05) is 19.1 Å².